The predicted molar refractivity (Wildman–Crippen MR) is 77.4 cm³/mol. The van der Waals surface area contributed by atoms with E-state index in [1.54, 1.807) is 37.3 Å². The van der Waals surface area contributed by atoms with Gasteiger partial charge in [-0.1, -0.05) is 19.1 Å². The Labute approximate surface area is 118 Å². The molecule has 1 aromatic rings. The van der Waals surface area contributed by atoms with Gasteiger partial charge in [-0.3, -0.25) is 0 Å². The molecule has 0 aliphatic heterocycles. The first-order chi connectivity index (χ1) is 9.58. The highest BCUT2D eigenvalue weighted by atomic mass is 16.5. The zero-order valence-corrected chi connectivity index (χ0v) is 11.8. The molecule has 1 aromatic carbocycles. The van der Waals surface area contributed by atoms with Crippen molar-refractivity contribution < 1.29 is 14.6 Å². The van der Waals surface area contributed by atoms with Crippen molar-refractivity contribution >= 4 is 11.5 Å². The van der Waals surface area contributed by atoms with Crippen LogP contribution in [-0.4, -0.2) is 18.2 Å². The molecule has 0 aliphatic carbocycles. The van der Waals surface area contributed by atoms with Crippen molar-refractivity contribution in [3.05, 3.63) is 47.1 Å². The predicted octanol–water partition coefficient (Wildman–Crippen LogP) is 3.39. The summed E-state index contributed by atoms with van der Waals surface area (Å²) < 4.78 is 5.28. The van der Waals surface area contributed by atoms with Crippen LogP contribution in [0.2, 0.25) is 0 Å². The van der Waals surface area contributed by atoms with Gasteiger partial charge in [0.1, 0.15) is 5.75 Å². The molecule has 20 heavy (non-hydrogen) atoms. The molecule has 0 aliphatic rings. The van der Waals surface area contributed by atoms with Gasteiger partial charge in [0.25, 0.3) is 0 Å². The average Bonchev–Trinajstić information content (AvgIpc) is 2.46. The third kappa shape index (κ3) is 3.27. The summed E-state index contributed by atoms with van der Waals surface area (Å²) in [6.45, 7) is 3.64. The van der Waals surface area contributed by atoms with Crippen molar-refractivity contribution in [1.82, 2.24) is 0 Å². The smallest absolute Gasteiger partial charge is 0.335 e. The van der Waals surface area contributed by atoms with Crippen LogP contribution in [0.3, 0.4) is 0 Å². The van der Waals surface area contributed by atoms with Crippen molar-refractivity contribution in [1.29, 1.82) is 5.26 Å². The van der Waals surface area contributed by atoms with Gasteiger partial charge in [-0.2, -0.15) is 5.26 Å². The summed E-state index contributed by atoms with van der Waals surface area (Å²) in [7, 11) is 1.52. The lowest BCUT2D eigenvalue weighted by Gasteiger charge is -2.13. The standard InChI is InChI=1S/C16H17NO3/c1-4-6-13(16(18)19)12(5-2)14-9-11(10-17)7-8-15(14)20-3/h4,6-9H,5H2,1-3H3,(H,18,19)/b6-4-,13-12-. The zero-order valence-electron chi connectivity index (χ0n) is 11.8. The summed E-state index contributed by atoms with van der Waals surface area (Å²) in [4.78, 5) is 11.4. The van der Waals surface area contributed by atoms with Gasteiger partial charge >= 0.3 is 5.97 Å². The number of carboxylic acids is 1. The number of nitriles is 1. The van der Waals surface area contributed by atoms with Gasteiger partial charge in [-0.25, -0.2) is 4.79 Å². The Morgan fingerprint density at radius 3 is 2.65 bits per heavy atom. The van der Waals surface area contributed by atoms with Gasteiger partial charge in [-0.05, 0) is 37.1 Å². The second-order valence-electron chi connectivity index (χ2n) is 4.08. The second-order valence-corrected chi connectivity index (χ2v) is 4.08. The Kier molecular flexibility index (Phi) is 5.55. The molecule has 0 radical (unpaired) electrons. The van der Waals surface area contributed by atoms with E-state index in [-0.39, 0.29) is 5.57 Å². The molecule has 0 bridgehead atoms. The number of hydrogen-bond donors (Lipinski definition) is 1. The van der Waals surface area contributed by atoms with Gasteiger partial charge in [0.05, 0.1) is 24.3 Å². The van der Waals surface area contributed by atoms with Crippen LogP contribution in [0, 0.1) is 11.3 Å². The van der Waals surface area contributed by atoms with Gasteiger partial charge in [-0.15, -0.1) is 0 Å². The molecule has 0 heterocycles. The average molecular weight is 271 g/mol. The van der Waals surface area contributed by atoms with E-state index >= 15 is 0 Å². The molecule has 0 atom stereocenters. The quantitative estimate of drug-likeness (QED) is 0.658. The van der Waals surface area contributed by atoms with Crippen LogP contribution >= 0.6 is 0 Å². The maximum absolute atomic E-state index is 11.4. The fourth-order valence-corrected chi connectivity index (χ4v) is 2.01. The Hall–Kier alpha value is -2.54. The van der Waals surface area contributed by atoms with Crippen LogP contribution in [0.15, 0.2) is 35.9 Å². The van der Waals surface area contributed by atoms with E-state index in [0.29, 0.717) is 28.9 Å². The van der Waals surface area contributed by atoms with E-state index in [4.69, 9.17) is 10.00 Å². The minimum atomic E-state index is -0.996. The fourth-order valence-electron chi connectivity index (χ4n) is 2.01. The second kappa shape index (κ2) is 7.15. The van der Waals surface area contributed by atoms with Gasteiger partial charge in [0.15, 0.2) is 0 Å². The molecular weight excluding hydrogens is 254 g/mol. The molecule has 104 valence electrons. The van der Waals surface area contributed by atoms with Gasteiger partial charge < -0.3 is 9.84 Å². The number of methoxy groups -OCH3 is 1. The monoisotopic (exact) mass is 271 g/mol. The maximum atomic E-state index is 11.4. The van der Waals surface area contributed by atoms with Crippen LogP contribution in [0.1, 0.15) is 31.4 Å². The normalized spacial score (nSPS) is 11.9. The Balaban J connectivity index is 3.63. The number of allylic oxidation sites excluding steroid dienone is 2. The minimum Gasteiger partial charge on any atom is -0.496 e. The number of ether oxygens (including phenoxy) is 1. The van der Waals surface area contributed by atoms with Crippen LogP contribution in [0.5, 0.6) is 5.75 Å². The number of hydrogen-bond acceptors (Lipinski definition) is 3. The summed E-state index contributed by atoms with van der Waals surface area (Å²) in [6, 6.07) is 7.03. The molecule has 0 aromatic heterocycles. The maximum Gasteiger partial charge on any atom is 0.335 e. The van der Waals surface area contributed by atoms with E-state index in [9.17, 15) is 9.90 Å². The molecule has 0 saturated heterocycles. The number of aliphatic carboxylic acids is 1. The van der Waals surface area contributed by atoms with Crippen molar-refractivity contribution in [2.24, 2.45) is 0 Å². The van der Waals surface area contributed by atoms with Crippen LogP contribution in [0.25, 0.3) is 5.57 Å². The van der Waals surface area contributed by atoms with E-state index in [1.165, 1.54) is 7.11 Å². The Bertz CT molecular complexity index is 607. The molecule has 1 rings (SSSR count). The van der Waals surface area contributed by atoms with Crippen molar-refractivity contribution in [2.45, 2.75) is 20.3 Å². The first-order valence-corrected chi connectivity index (χ1v) is 6.26. The van der Waals surface area contributed by atoms with E-state index in [0.717, 1.165) is 0 Å². The highest BCUT2D eigenvalue weighted by Gasteiger charge is 2.16. The van der Waals surface area contributed by atoms with Crippen molar-refractivity contribution in [3.8, 4) is 11.8 Å². The highest BCUT2D eigenvalue weighted by Crippen LogP contribution is 2.32. The molecule has 1 N–H and O–H groups in total. The largest absolute Gasteiger partial charge is 0.496 e. The number of carbonyl (C=O) groups is 1. The molecule has 0 unspecified atom stereocenters. The third-order valence-corrected chi connectivity index (χ3v) is 2.90. The lowest BCUT2D eigenvalue weighted by Crippen LogP contribution is -2.03. The molecule has 0 spiro atoms. The number of benzene rings is 1. The topological polar surface area (TPSA) is 70.3 Å². The van der Waals surface area contributed by atoms with Gasteiger partial charge in [0.2, 0.25) is 0 Å². The van der Waals surface area contributed by atoms with E-state index in [1.807, 2.05) is 6.92 Å². The minimum absolute atomic E-state index is 0.211. The third-order valence-electron chi connectivity index (χ3n) is 2.90. The first-order valence-electron chi connectivity index (χ1n) is 6.26. The Morgan fingerprint density at radius 2 is 2.20 bits per heavy atom. The van der Waals surface area contributed by atoms with Crippen LogP contribution in [-0.2, 0) is 4.79 Å². The molecule has 4 nitrogen and oxygen atoms in total. The summed E-state index contributed by atoms with van der Waals surface area (Å²) >= 11 is 0. The zero-order chi connectivity index (χ0) is 15.1. The van der Waals surface area contributed by atoms with Crippen molar-refractivity contribution in [2.75, 3.05) is 7.11 Å². The lowest BCUT2D eigenvalue weighted by molar-refractivity contribution is -0.132. The molecule has 0 saturated carbocycles. The van der Waals surface area contributed by atoms with Gasteiger partial charge in [0, 0.05) is 5.56 Å². The molecular formula is C16H17NO3. The first kappa shape index (κ1) is 15.5. The number of nitrogens with zero attached hydrogens (tertiary/aromatic N) is 1. The van der Waals surface area contributed by atoms with Crippen molar-refractivity contribution in [3.63, 3.8) is 0 Å². The van der Waals surface area contributed by atoms with E-state index in [2.05, 4.69) is 6.07 Å². The van der Waals surface area contributed by atoms with E-state index < -0.39 is 5.97 Å². The SMILES string of the molecule is C/C=C\C(C(=O)O)=C(/CC)c1cc(C#N)ccc1OC. The number of carboxylic acid groups (broad SMARTS) is 1. The summed E-state index contributed by atoms with van der Waals surface area (Å²) in [5, 5.41) is 18.3. The summed E-state index contributed by atoms with van der Waals surface area (Å²) in [5.74, 6) is -0.437. The molecule has 0 fully saturated rings. The molecule has 0 amide bonds. The lowest BCUT2D eigenvalue weighted by atomic mass is 9.95. The number of rotatable bonds is 5. The summed E-state index contributed by atoms with van der Waals surface area (Å²) in [6.07, 6.45) is 3.76. The fraction of sp³-hybridized carbons (Fsp3) is 0.250. The van der Waals surface area contributed by atoms with Crippen LogP contribution in [0.4, 0.5) is 0 Å². The van der Waals surface area contributed by atoms with Crippen LogP contribution < -0.4 is 4.74 Å². The molecule has 4 heteroatoms. The highest BCUT2D eigenvalue weighted by molar-refractivity contribution is 6.00. The summed E-state index contributed by atoms with van der Waals surface area (Å²) in [5.41, 5.74) is 1.97. The Morgan fingerprint density at radius 1 is 1.50 bits per heavy atom.